The van der Waals surface area contributed by atoms with Crippen molar-refractivity contribution in [2.45, 2.75) is 45.2 Å². The molecular weight excluding hydrogens is 440 g/mol. The number of anilines is 1. The molecule has 0 aromatic heterocycles. The van der Waals surface area contributed by atoms with Crippen LogP contribution < -0.4 is 16.4 Å². The first-order valence-corrected chi connectivity index (χ1v) is 13.0. The van der Waals surface area contributed by atoms with Gasteiger partial charge in [0.1, 0.15) is 0 Å². The van der Waals surface area contributed by atoms with Crippen molar-refractivity contribution in [1.82, 2.24) is 20.0 Å². The Morgan fingerprint density at radius 1 is 1.09 bits per heavy atom. The summed E-state index contributed by atoms with van der Waals surface area (Å²) in [6, 6.07) is 8.35. The molecule has 0 saturated carbocycles. The Kier molecular flexibility index (Phi) is 8.76. The van der Waals surface area contributed by atoms with Gasteiger partial charge in [-0.05, 0) is 43.5 Å². The Morgan fingerprint density at radius 2 is 1.74 bits per heavy atom. The van der Waals surface area contributed by atoms with Crippen LogP contribution in [-0.2, 0) is 11.2 Å². The summed E-state index contributed by atoms with van der Waals surface area (Å²) in [6.45, 7) is 10.8. The second-order valence-corrected chi connectivity index (χ2v) is 9.58. The van der Waals surface area contributed by atoms with Gasteiger partial charge in [0.05, 0.1) is 11.3 Å². The second-order valence-electron chi connectivity index (χ2n) is 9.58. The Bertz CT molecular complexity index is 925. The van der Waals surface area contributed by atoms with Crippen molar-refractivity contribution in [3.8, 4) is 0 Å². The Morgan fingerprint density at radius 3 is 2.34 bits per heavy atom. The lowest BCUT2D eigenvalue weighted by Gasteiger charge is -2.34. The third-order valence-electron chi connectivity index (χ3n) is 7.26. The highest BCUT2D eigenvalue weighted by atomic mass is 16.1. The zero-order chi connectivity index (χ0) is 24.6. The van der Waals surface area contributed by atoms with Crippen LogP contribution in [0.1, 0.15) is 38.2 Å². The summed E-state index contributed by atoms with van der Waals surface area (Å²) >= 11 is 0. The second kappa shape index (κ2) is 12.2. The predicted molar refractivity (Wildman–Crippen MR) is 142 cm³/mol. The molecule has 0 bridgehead atoms. The molecule has 1 aromatic rings. The molecule has 3 aliphatic heterocycles. The smallest absolute Gasteiger partial charge is 0.250 e. The molecule has 1 aromatic carbocycles. The van der Waals surface area contributed by atoms with Crippen molar-refractivity contribution in [3.63, 3.8) is 0 Å². The first-order chi connectivity index (χ1) is 17.1. The van der Waals surface area contributed by atoms with Crippen LogP contribution in [0.15, 0.2) is 40.5 Å². The SMILES string of the molecule is CCN1CCN(CCc2ccc(NC3N=C(N4CCCCCC4)NC(C=N)=C3C(N)=O)cc2)CC1. The van der Waals surface area contributed by atoms with E-state index in [1.807, 2.05) is 12.1 Å². The number of nitrogens with two attached hydrogens (primary N) is 1. The van der Waals surface area contributed by atoms with Crippen LogP contribution in [0.4, 0.5) is 5.69 Å². The zero-order valence-corrected chi connectivity index (χ0v) is 20.9. The number of nitrogens with one attached hydrogen (secondary N) is 3. The summed E-state index contributed by atoms with van der Waals surface area (Å²) in [6.07, 6.45) is 6.19. The molecule has 9 nitrogen and oxygen atoms in total. The zero-order valence-electron chi connectivity index (χ0n) is 20.9. The minimum Gasteiger partial charge on any atom is -0.366 e. The summed E-state index contributed by atoms with van der Waals surface area (Å²) in [5.41, 5.74) is 8.56. The summed E-state index contributed by atoms with van der Waals surface area (Å²) < 4.78 is 0. The number of likely N-dealkylation sites (tertiary alicyclic amines) is 1. The molecule has 9 heteroatoms. The van der Waals surface area contributed by atoms with Gasteiger partial charge in [-0.1, -0.05) is 31.9 Å². The molecule has 1 amide bonds. The average Bonchev–Trinajstić information content (AvgIpc) is 3.18. The van der Waals surface area contributed by atoms with E-state index >= 15 is 0 Å². The van der Waals surface area contributed by atoms with Gasteiger partial charge >= 0.3 is 0 Å². The number of hydrogen-bond donors (Lipinski definition) is 4. The number of primary amides is 1. The molecule has 2 fully saturated rings. The van der Waals surface area contributed by atoms with Gasteiger partial charge < -0.3 is 36.5 Å². The largest absolute Gasteiger partial charge is 0.366 e. The van der Waals surface area contributed by atoms with Crippen molar-refractivity contribution in [3.05, 3.63) is 41.1 Å². The number of allylic oxidation sites excluding steroid dienone is 1. The lowest BCUT2D eigenvalue weighted by molar-refractivity contribution is -0.114. The fourth-order valence-electron chi connectivity index (χ4n) is 5.02. The van der Waals surface area contributed by atoms with Crippen LogP contribution in [0.3, 0.4) is 0 Å². The lowest BCUT2D eigenvalue weighted by atomic mass is 10.1. The maximum Gasteiger partial charge on any atom is 0.250 e. The quantitative estimate of drug-likeness (QED) is 0.422. The topological polar surface area (TPSA) is 113 Å². The molecule has 0 spiro atoms. The number of hydrogen-bond acceptors (Lipinski definition) is 8. The monoisotopic (exact) mass is 480 g/mol. The molecule has 0 aliphatic carbocycles. The highest BCUT2D eigenvalue weighted by Crippen LogP contribution is 2.21. The molecule has 2 saturated heterocycles. The van der Waals surface area contributed by atoms with Gasteiger partial charge in [0.15, 0.2) is 6.17 Å². The van der Waals surface area contributed by atoms with Crippen LogP contribution in [0, 0.1) is 5.41 Å². The number of likely N-dealkylation sites (N-methyl/N-ethyl adjacent to an activating group) is 1. The van der Waals surface area contributed by atoms with E-state index in [0.717, 1.165) is 83.5 Å². The van der Waals surface area contributed by atoms with E-state index in [9.17, 15) is 4.79 Å². The maximum atomic E-state index is 12.3. The summed E-state index contributed by atoms with van der Waals surface area (Å²) in [5.74, 6) is 0.125. The third kappa shape index (κ3) is 6.61. The summed E-state index contributed by atoms with van der Waals surface area (Å²) in [5, 5.41) is 14.4. The normalized spacial score (nSPS) is 22.3. The van der Waals surface area contributed by atoms with E-state index in [1.54, 1.807) is 0 Å². The highest BCUT2D eigenvalue weighted by molar-refractivity contribution is 6.04. The number of guanidine groups is 1. The molecule has 1 unspecified atom stereocenters. The Labute approximate surface area is 208 Å². The minimum absolute atomic E-state index is 0.286. The predicted octanol–water partition coefficient (Wildman–Crippen LogP) is 1.83. The number of benzene rings is 1. The van der Waals surface area contributed by atoms with Crippen LogP contribution in [0.5, 0.6) is 0 Å². The number of nitrogens with zero attached hydrogens (tertiary/aromatic N) is 4. The Balaban J connectivity index is 1.42. The van der Waals surface area contributed by atoms with Crippen molar-refractivity contribution >= 4 is 23.8 Å². The van der Waals surface area contributed by atoms with Crippen LogP contribution in [-0.4, -0.2) is 91.3 Å². The van der Waals surface area contributed by atoms with E-state index in [2.05, 4.69) is 44.4 Å². The van der Waals surface area contributed by atoms with Crippen molar-refractivity contribution in [1.29, 1.82) is 5.41 Å². The first-order valence-electron chi connectivity index (χ1n) is 13.0. The van der Waals surface area contributed by atoms with Gasteiger partial charge in [-0.25, -0.2) is 4.99 Å². The fraction of sp³-hybridized carbons (Fsp3) is 0.577. The molecule has 190 valence electrons. The van der Waals surface area contributed by atoms with Gasteiger partial charge in [0, 0.05) is 57.7 Å². The van der Waals surface area contributed by atoms with Crippen LogP contribution in [0.2, 0.25) is 0 Å². The average molecular weight is 481 g/mol. The van der Waals surface area contributed by atoms with Gasteiger partial charge in [-0.15, -0.1) is 0 Å². The molecule has 5 N–H and O–H groups in total. The molecule has 3 aliphatic rings. The fourth-order valence-corrected chi connectivity index (χ4v) is 5.02. The van der Waals surface area contributed by atoms with Crippen molar-refractivity contribution in [2.24, 2.45) is 10.7 Å². The number of rotatable bonds is 8. The van der Waals surface area contributed by atoms with E-state index in [-0.39, 0.29) is 5.57 Å². The van der Waals surface area contributed by atoms with Crippen LogP contribution in [0.25, 0.3) is 0 Å². The van der Waals surface area contributed by atoms with Crippen molar-refractivity contribution in [2.75, 3.05) is 57.7 Å². The number of amides is 1. The van der Waals surface area contributed by atoms with E-state index in [1.165, 1.54) is 18.4 Å². The molecule has 3 heterocycles. The maximum absolute atomic E-state index is 12.3. The summed E-state index contributed by atoms with van der Waals surface area (Å²) in [4.78, 5) is 24.4. The number of aliphatic imine (C=N–C) groups is 1. The minimum atomic E-state index is -0.635. The van der Waals surface area contributed by atoms with E-state index in [4.69, 9.17) is 16.1 Å². The number of piperazine rings is 1. The standard InChI is InChI=1S/C26H40N8O/c1-2-32-15-17-33(18-16-32)14-11-20-7-9-21(10-8-20)29-25-23(24(28)35)22(19-27)30-26(31-25)34-12-5-3-4-6-13-34/h7-10,19,25,27,29H,2-6,11-18H2,1H3,(H2,28,35)(H,30,31). The van der Waals surface area contributed by atoms with Gasteiger partial charge in [-0.2, -0.15) is 0 Å². The van der Waals surface area contributed by atoms with Gasteiger partial charge in [-0.3, -0.25) is 4.79 Å². The molecule has 35 heavy (non-hydrogen) atoms. The highest BCUT2D eigenvalue weighted by Gasteiger charge is 2.29. The molecule has 4 rings (SSSR count). The Hall–Kier alpha value is -2.91. The third-order valence-corrected chi connectivity index (χ3v) is 7.26. The number of carbonyl (C=O) groups excluding carboxylic acids is 1. The van der Waals surface area contributed by atoms with Crippen molar-refractivity contribution < 1.29 is 4.79 Å². The first kappa shape index (κ1) is 25.2. The molecule has 0 radical (unpaired) electrons. The van der Waals surface area contributed by atoms with Gasteiger partial charge in [0.25, 0.3) is 5.91 Å². The molecular formula is C26H40N8O. The lowest BCUT2D eigenvalue weighted by Crippen LogP contribution is -2.48. The van der Waals surface area contributed by atoms with Crippen LogP contribution >= 0.6 is 0 Å². The van der Waals surface area contributed by atoms with E-state index < -0.39 is 12.1 Å². The van der Waals surface area contributed by atoms with Gasteiger partial charge in [0.2, 0.25) is 5.96 Å². The van der Waals surface area contributed by atoms with E-state index in [0.29, 0.717) is 11.7 Å². The summed E-state index contributed by atoms with van der Waals surface area (Å²) in [7, 11) is 0. The molecule has 1 atom stereocenters. The number of carbonyl (C=O) groups is 1.